The first-order valence-electron chi connectivity index (χ1n) is 7.23. The maximum atomic E-state index is 5.99. The van der Waals surface area contributed by atoms with Crippen LogP contribution in [0.15, 0.2) is 34.9 Å². The Morgan fingerprint density at radius 2 is 2.27 bits per heavy atom. The van der Waals surface area contributed by atoms with E-state index in [1.54, 1.807) is 15.9 Å². The lowest BCUT2D eigenvalue weighted by Gasteiger charge is -2.03. The van der Waals surface area contributed by atoms with Crippen LogP contribution in [0.2, 0.25) is 0 Å². The van der Waals surface area contributed by atoms with Crippen LogP contribution in [0.1, 0.15) is 18.4 Å². The van der Waals surface area contributed by atoms with Gasteiger partial charge in [-0.05, 0) is 25.5 Å². The third kappa shape index (κ3) is 2.16. The second kappa shape index (κ2) is 5.14. The van der Waals surface area contributed by atoms with Gasteiger partial charge in [-0.15, -0.1) is 0 Å². The second-order valence-corrected chi connectivity index (χ2v) is 6.27. The average molecular weight is 313 g/mol. The lowest BCUT2D eigenvalue weighted by molar-refractivity contribution is 0.316. The van der Waals surface area contributed by atoms with Crippen LogP contribution in [-0.4, -0.2) is 21.2 Å². The van der Waals surface area contributed by atoms with Gasteiger partial charge in [0.15, 0.2) is 17.1 Å². The van der Waals surface area contributed by atoms with Crippen LogP contribution < -0.4 is 4.74 Å². The number of benzene rings is 1. The molecule has 4 rings (SSSR count). The molecular formula is C16H15N3O2S. The van der Waals surface area contributed by atoms with Crippen LogP contribution in [-0.2, 0) is 0 Å². The number of furan rings is 1. The largest absolute Gasteiger partial charge is 0.490 e. The first-order valence-corrected chi connectivity index (χ1v) is 8.05. The van der Waals surface area contributed by atoms with Gasteiger partial charge in [0.05, 0.1) is 12.8 Å². The lowest BCUT2D eigenvalue weighted by Crippen LogP contribution is -1.94. The summed E-state index contributed by atoms with van der Waals surface area (Å²) in [7, 11) is 0. The van der Waals surface area contributed by atoms with Gasteiger partial charge in [-0.3, -0.25) is 0 Å². The molecule has 0 atom stereocenters. The Hall–Kier alpha value is -2.34. The molecule has 5 nitrogen and oxygen atoms in total. The van der Waals surface area contributed by atoms with Gasteiger partial charge in [0.25, 0.3) is 0 Å². The van der Waals surface area contributed by atoms with Crippen molar-refractivity contribution in [2.45, 2.75) is 20.3 Å². The van der Waals surface area contributed by atoms with E-state index in [9.17, 15) is 0 Å². The van der Waals surface area contributed by atoms with E-state index in [1.807, 2.05) is 37.4 Å². The molecule has 0 unspecified atom stereocenters. The molecule has 0 radical (unpaired) electrons. The van der Waals surface area contributed by atoms with E-state index < -0.39 is 0 Å². The zero-order chi connectivity index (χ0) is 15.1. The standard InChI is InChI=1S/C16H15N3O2S/c1-3-7-20-13-6-4-5-11-8-14(21-15(11)13)12-9-19-16(17-12)22-10(2)18-19/h4-6,8-9H,3,7H2,1-2H3. The number of fused-ring (bicyclic) bond motifs is 2. The number of para-hydroxylation sites is 1. The van der Waals surface area contributed by atoms with E-state index in [0.717, 1.165) is 44.6 Å². The minimum atomic E-state index is 0.679. The first-order chi connectivity index (χ1) is 10.7. The van der Waals surface area contributed by atoms with Crippen molar-refractivity contribution in [1.82, 2.24) is 14.6 Å². The third-order valence-corrected chi connectivity index (χ3v) is 4.20. The maximum Gasteiger partial charge on any atom is 0.212 e. The Balaban J connectivity index is 1.79. The van der Waals surface area contributed by atoms with Gasteiger partial charge in [-0.1, -0.05) is 30.4 Å². The maximum absolute atomic E-state index is 5.99. The summed E-state index contributed by atoms with van der Waals surface area (Å²) in [5.74, 6) is 1.51. The number of hydrogen-bond acceptors (Lipinski definition) is 5. The van der Waals surface area contributed by atoms with Crippen LogP contribution in [0.3, 0.4) is 0 Å². The SMILES string of the molecule is CCCOc1cccc2cc(-c3cn4nc(C)sc4n3)oc12. The van der Waals surface area contributed by atoms with Gasteiger partial charge in [0.2, 0.25) is 4.96 Å². The minimum absolute atomic E-state index is 0.679. The molecule has 0 spiro atoms. The number of imidazole rings is 1. The van der Waals surface area contributed by atoms with Crippen molar-refractivity contribution in [1.29, 1.82) is 0 Å². The smallest absolute Gasteiger partial charge is 0.212 e. The van der Waals surface area contributed by atoms with Crippen LogP contribution in [0, 0.1) is 6.92 Å². The fourth-order valence-electron chi connectivity index (χ4n) is 2.41. The highest BCUT2D eigenvalue weighted by molar-refractivity contribution is 7.16. The molecule has 4 aromatic rings. The molecule has 112 valence electrons. The van der Waals surface area contributed by atoms with E-state index in [1.165, 1.54) is 0 Å². The number of ether oxygens (including phenoxy) is 1. The van der Waals surface area contributed by atoms with Crippen molar-refractivity contribution in [2.24, 2.45) is 0 Å². The highest BCUT2D eigenvalue weighted by atomic mass is 32.1. The van der Waals surface area contributed by atoms with E-state index in [4.69, 9.17) is 9.15 Å². The Labute approximate surface area is 131 Å². The van der Waals surface area contributed by atoms with Crippen LogP contribution in [0.25, 0.3) is 27.4 Å². The normalized spacial score (nSPS) is 11.5. The quantitative estimate of drug-likeness (QED) is 0.563. The van der Waals surface area contributed by atoms with E-state index in [2.05, 4.69) is 17.0 Å². The molecule has 22 heavy (non-hydrogen) atoms. The van der Waals surface area contributed by atoms with Crippen molar-refractivity contribution >= 4 is 27.3 Å². The number of hydrogen-bond donors (Lipinski definition) is 0. The molecule has 3 aromatic heterocycles. The van der Waals surface area contributed by atoms with Crippen LogP contribution >= 0.6 is 11.3 Å². The average Bonchev–Trinajstić information content (AvgIpc) is 3.16. The fraction of sp³-hybridized carbons (Fsp3) is 0.250. The van der Waals surface area contributed by atoms with Crippen molar-refractivity contribution in [3.05, 3.63) is 35.5 Å². The van der Waals surface area contributed by atoms with E-state index in [-0.39, 0.29) is 0 Å². The number of aryl methyl sites for hydroxylation is 1. The monoisotopic (exact) mass is 313 g/mol. The highest BCUT2D eigenvalue weighted by Gasteiger charge is 2.14. The third-order valence-electron chi connectivity index (χ3n) is 3.37. The Morgan fingerprint density at radius 3 is 3.09 bits per heavy atom. The molecule has 0 N–H and O–H groups in total. The molecule has 1 aromatic carbocycles. The van der Waals surface area contributed by atoms with E-state index in [0.29, 0.717) is 6.61 Å². The predicted molar refractivity (Wildman–Crippen MR) is 86.6 cm³/mol. The zero-order valence-electron chi connectivity index (χ0n) is 12.4. The van der Waals surface area contributed by atoms with Crippen molar-refractivity contribution < 1.29 is 9.15 Å². The molecule has 0 aliphatic carbocycles. The molecule has 0 fully saturated rings. The van der Waals surface area contributed by atoms with Crippen LogP contribution in [0.4, 0.5) is 0 Å². The topological polar surface area (TPSA) is 52.6 Å². The second-order valence-electron chi connectivity index (χ2n) is 5.11. The number of aromatic nitrogens is 3. The molecule has 0 aliphatic heterocycles. The summed E-state index contributed by atoms with van der Waals surface area (Å²) in [6, 6.07) is 7.92. The molecule has 3 heterocycles. The Morgan fingerprint density at radius 1 is 1.36 bits per heavy atom. The van der Waals surface area contributed by atoms with Crippen molar-refractivity contribution in [3.63, 3.8) is 0 Å². The first kappa shape index (κ1) is 13.3. The summed E-state index contributed by atoms with van der Waals surface area (Å²) in [5, 5.41) is 6.39. The Bertz CT molecular complexity index is 919. The van der Waals surface area contributed by atoms with Gasteiger partial charge in [-0.25, -0.2) is 9.50 Å². The van der Waals surface area contributed by atoms with E-state index >= 15 is 0 Å². The molecular weight excluding hydrogens is 298 g/mol. The summed E-state index contributed by atoms with van der Waals surface area (Å²) < 4.78 is 13.5. The number of rotatable bonds is 4. The fourth-order valence-corrected chi connectivity index (χ4v) is 3.13. The minimum Gasteiger partial charge on any atom is -0.490 e. The molecule has 0 aliphatic rings. The molecule has 0 saturated heterocycles. The van der Waals surface area contributed by atoms with Gasteiger partial charge in [-0.2, -0.15) is 5.10 Å². The van der Waals surface area contributed by atoms with Gasteiger partial charge in [0.1, 0.15) is 10.7 Å². The van der Waals surface area contributed by atoms with Crippen LogP contribution in [0.5, 0.6) is 5.75 Å². The number of nitrogens with zero attached hydrogens (tertiary/aromatic N) is 3. The lowest BCUT2D eigenvalue weighted by atomic mass is 10.2. The predicted octanol–water partition coefficient (Wildman–Crippen LogP) is 4.30. The van der Waals surface area contributed by atoms with Gasteiger partial charge < -0.3 is 9.15 Å². The highest BCUT2D eigenvalue weighted by Crippen LogP contribution is 2.33. The van der Waals surface area contributed by atoms with Gasteiger partial charge in [0, 0.05) is 5.39 Å². The Kier molecular flexibility index (Phi) is 3.11. The zero-order valence-corrected chi connectivity index (χ0v) is 13.2. The van der Waals surface area contributed by atoms with Crippen molar-refractivity contribution in [3.8, 4) is 17.2 Å². The van der Waals surface area contributed by atoms with Crippen molar-refractivity contribution in [2.75, 3.05) is 6.61 Å². The van der Waals surface area contributed by atoms with Gasteiger partial charge >= 0.3 is 0 Å². The summed E-state index contributed by atoms with van der Waals surface area (Å²) in [6.07, 6.45) is 2.86. The summed E-state index contributed by atoms with van der Waals surface area (Å²) >= 11 is 1.56. The molecule has 0 amide bonds. The summed E-state index contributed by atoms with van der Waals surface area (Å²) in [5.41, 5.74) is 1.56. The molecule has 0 saturated carbocycles. The summed E-state index contributed by atoms with van der Waals surface area (Å²) in [6.45, 7) is 4.73. The summed E-state index contributed by atoms with van der Waals surface area (Å²) in [4.78, 5) is 5.45. The molecule has 0 bridgehead atoms. The molecule has 6 heteroatoms.